The first-order valence-electron chi connectivity index (χ1n) is 6.68. The van der Waals surface area contributed by atoms with Crippen molar-refractivity contribution in [3.63, 3.8) is 0 Å². The van der Waals surface area contributed by atoms with Gasteiger partial charge in [-0.15, -0.1) is 0 Å². The maximum absolute atomic E-state index is 12.4. The van der Waals surface area contributed by atoms with Gasteiger partial charge < -0.3 is 20.5 Å². The average molecular weight is 297 g/mol. The molecule has 2 fully saturated rings. The van der Waals surface area contributed by atoms with Gasteiger partial charge in [-0.2, -0.15) is 0 Å². The lowest BCUT2D eigenvalue weighted by atomic mass is 9.95. The third-order valence-electron chi connectivity index (χ3n) is 3.99. The van der Waals surface area contributed by atoms with Gasteiger partial charge in [-0.05, 0) is 25.3 Å². The molecular formula is C14H17ClN2O3. The molecule has 0 aliphatic carbocycles. The lowest BCUT2D eigenvalue weighted by Gasteiger charge is -2.20. The zero-order valence-electron chi connectivity index (χ0n) is 11.2. The van der Waals surface area contributed by atoms with Crippen LogP contribution in [-0.4, -0.2) is 31.3 Å². The summed E-state index contributed by atoms with van der Waals surface area (Å²) in [4.78, 5) is 12.4. The Morgan fingerprint density at radius 3 is 2.90 bits per heavy atom. The quantitative estimate of drug-likeness (QED) is 0.837. The minimum Gasteiger partial charge on any atom is -0.496 e. The van der Waals surface area contributed by atoms with E-state index in [0.29, 0.717) is 28.1 Å². The van der Waals surface area contributed by atoms with E-state index in [1.165, 1.54) is 7.11 Å². The van der Waals surface area contributed by atoms with Gasteiger partial charge in [0.1, 0.15) is 5.75 Å². The number of carbonyl (C=O) groups is 1. The van der Waals surface area contributed by atoms with E-state index in [0.717, 1.165) is 19.3 Å². The molecule has 108 valence electrons. The number of nitrogens with two attached hydrogens (primary N) is 1. The smallest absolute Gasteiger partial charge is 0.255 e. The number of nitrogens with one attached hydrogen (secondary N) is 1. The van der Waals surface area contributed by atoms with E-state index < -0.39 is 0 Å². The highest BCUT2D eigenvalue weighted by molar-refractivity contribution is 6.33. The van der Waals surface area contributed by atoms with E-state index in [1.54, 1.807) is 12.1 Å². The predicted molar refractivity (Wildman–Crippen MR) is 76.2 cm³/mol. The summed E-state index contributed by atoms with van der Waals surface area (Å²) in [7, 11) is 1.50. The van der Waals surface area contributed by atoms with Crippen LogP contribution in [0.5, 0.6) is 5.75 Å². The highest BCUT2D eigenvalue weighted by atomic mass is 35.5. The van der Waals surface area contributed by atoms with E-state index in [9.17, 15) is 4.79 Å². The number of hydrogen-bond donors (Lipinski definition) is 2. The van der Waals surface area contributed by atoms with Crippen LogP contribution < -0.4 is 15.8 Å². The lowest BCUT2D eigenvalue weighted by Crippen LogP contribution is -2.41. The van der Waals surface area contributed by atoms with Gasteiger partial charge in [0.15, 0.2) is 0 Å². The largest absolute Gasteiger partial charge is 0.496 e. The number of anilines is 1. The number of carbonyl (C=O) groups excluding carboxylic acids is 1. The number of hydrogen-bond acceptors (Lipinski definition) is 4. The second kappa shape index (κ2) is 5.14. The van der Waals surface area contributed by atoms with Crippen molar-refractivity contribution in [2.75, 3.05) is 12.8 Å². The van der Waals surface area contributed by atoms with Crippen LogP contribution in [-0.2, 0) is 4.74 Å². The Balaban J connectivity index is 1.78. The van der Waals surface area contributed by atoms with Crippen molar-refractivity contribution in [1.29, 1.82) is 0 Å². The number of benzene rings is 1. The highest BCUT2D eigenvalue weighted by Gasteiger charge is 2.41. The van der Waals surface area contributed by atoms with Crippen molar-refractivity contribution in [2.24, 2.45) is 0 Å². The molecule has 5 nitrogen and oxygen atoms in total. The molecule has 2 aliphatic rings. The number of fused-ring (bicyclic) bond motifs is 2. The standard InChI is InChI=1S/C14H17ClN2O3/c1-19-13-6-10(16)9(15)5-8(13)14(18)17-11-4-7-2-3-12(11)20-7/h5-7,11-12H,2-4,16H2,1H3,(H,17,18)/t7-,11-,12+/m1/s1. The van der Waals surface area contributed by atoms with Gasteiger partial charge in [0.05, 0.1) is 41.6 Å². The Hall–Kier alpha value is -1.46. The summed E-state index contributed by atoms with van der Waals surface area (Å²) in [6, 6.07) is 3.18. The topological polar surface area (TPSA) is 73.6 Å². The zero-order chi connectivity index (χ0) is 14.3. The number of amides is 1. The van der Waals surface area contributed by atoms with Crippen molar-refractivity contribution >= 4 is 23.2 Å². The summed E-state index contributed by atoms with van der Waals surface area (Å²) in [6.45, 7) is 0. The van der Waals surface area contributed by atoms with Crippen LogP contribution in [0.1, 0.15) is 29.6 Å². The molecule has 0 saturated carbocycles. The first-order chi connectivity index (χ1) is 9.58. The molecule has 0 unspecified atom stereocenters. The molecule has 1 aromatic carbocycles. The molecule has 6 heteroatoms. The van der Waals surface area contributed by atoms with Gasteiger partial charge in [0.25, 0.3) is 5.91 Å². The Labute approximate surface area is 122 Å². The minimum absolute atomic E-state index is 0.0716. The molecule has 1 aromatic rings. The van der Waals surface area contributed by atoms with E-state index in [1.807, 2.05) is 0 Å². The summed E-state index contributed by atoms with van der Waals surface area (Å²) >= 11 is 5.98. The number of halogens is 1. The second-order valence-electron chi connectivity index (χ2n) is 5.26. The summed E-state index contributed by atoms with van der Waals surface area (Å²) in [5, 5.41) is 3.35. The lowest BCUT2D eigenvalue weighted by molar-refractivity contribution is 0.0839. The van der Waals surface area contributed by atoms with Gasteiger partial charge in [-0.1, -0.05) is 11.6 Å². The third-order valence-corrected chi connectivity index (χ3v) is 4.31. The molecule has 3 atom stereocenters. The Morgan fingerprint density at radius 1 is 1.50 bits per heavy atom. The van der Waals surface area contributed by atoms with Crippen LogP contribution in [0.2, 0.25) is 5.02 Å². The van der Waals surface area contributed by atoms with Crippen LogP contribution in [0.15, 0.2) is 12.1 Å². The SMILES string of the molecule is COc1cc(N)c(Cl)cc1C(=O)N[C@@H]1C[C@H]2CC[C@@H]1O2. The van der Waals surface area contributed by atoms with E-state index in [2.05, 4.69) is 5.32 Å². The van der Waals surface area contributed by atoms with Crippen LogP contribution in [0.4, 0.5) is 5.69 Å². The molecule has 20 heavy (non-hydrogen) atoms. The van der Waals surface area contributed by atoms with Crippen LogP contribution >= 0.6 is 11.6 Å². The second-order valence-corrected chi connectivity index (χ2v) is 5.67. The molecule has 3 N–H and O–H groups in total. The summed E-state index contributed by atoms with van der Waals surface area (Å²) < 4.78 is 10.9. The van der Waals surface area contributed by atoms with Crippen LogP contribution in [0, 0.1) is 0 Å². The minimum atomic E-state index is -0.204. The fourth-order valence-corrected chi connectivity index (χ4v) is 3.11. The fourth-order valence-electron chi connectivity index (χ4n) is 2.95. The number of nitrogen functional groups attached to an aromatic ring is 1. The summed E-state index contributed by atoms with van der Waals surface area (Å²) in [5.41, 5.74) is 6.50. The molecule has 2 aliphatic heterocycles. The maximum Gasteiger partial charge on any atom is 0.255 e. The molecular weight excluding hydrogens is 280 g/mol. The average Bonchev–Trinajstić information content (AvgIpc) is 3.03. The first kappa shape index (κ1) is 13.5. The molecule has 2 heterocycles. The fraction of sp³-hybridized carbons (Fsp3) is 0.500. The van der Waals surface area contributed by atoms with Crippen molar-refractivity contribution in [2.45, 2.75) is 37.5 Å². The number of methoxy groups -OCH3 is 1. The third kappa shape index (κ3) is 2.31. The molecule has 2 saturated heterocycles. The summed E-state index contributed by atoms with van der Waals surface area (Å²) in [6.07, 6.45) is 3.41. The Bertz CT molecular complexity index is 549. The molecule has 0 aromatic heterocycles. The van der Waals surface area contributed by atoms with Crippen molar-refractivity contribution in [3.8, 4) is 5.75 Å². The Morgan fingerprint density at radius 2 is 2.30 bits per heavy atom. The van der Waals surface area contributed by atoms with Crippen molar-refractivity contribution in [3.05, 3.63) is 22.7 Å². The maximum atomic E-state index is 12.4. The van der Waals surface area contributed by atoms with Crippen LogP contribution in [0.3, 0.4) is 0 Å². The van der Waals surface area contributed by atoms with Crippen molar-refractivity contribution in [1.82, 2.24) is 5.32 Å². The molecule has 1 amide bonds. The van der Waals surface area contributed by atoms with E-state index >= 15 is 0 Å². The zero-order valence-corrected chi connectivity index (χ0v) is 11.9. The molecule has 0 spiro atoms. The Kier molecular flexibility index (Phi) is 3.48. The van der Waals surface area contributed by atoms with Gasteiger partial charge in [0.2, 0.25) is 0 Å². The van der Waals surface area contributed by atoms with E-state index in [4.69, 9.17) is 26.8 Å². The van der Waals surface area contributed by atoms with Gasteiger partial charge in [-0.25, -0.2) is 0 Å². The predicted octanol–water partition coefficient (Wildman–Crippen LogP) is 1.98. The monoisotopic (exact) mass is 296 g/mol. The van der Waals surface area contributed by atoms with Gasteiger partial charge in [0, 0.05) is 6.07 Å². The van der Waals surface area contributed by atoms with Gasteiger partial charge >= 0.3 is 0 Å². The normalized spacial score (nSPS) is 27.6. The van der Waals surface area contributed by atoms with Crippen molar-refractivity contribution < 1.29 is 14.3 Å². The molecule has 2 bridgehead atoms. The molecule has 3 rings (SSSR count). The highest BCUT2D eigenvalue weighted by Crippen LogP contribution is 2.35. The number of ether oxygens (including phenoxy) is 2. The van der Waals surface area contributed by atoms with Gasteiger partial charge in [-0.3, -0.25) is 4.79 Å². The number of rotatable bonds is 3. The first-order valence-corrected chi connectivity index (χ1v) is 7.05. The summed E-state index contributed by atoms with van der Waals surface area (Å²) in [5.74, 6) is 0.221. The molecule has 0 radical (unpaired) electrons. The van der Waals surface area contributed by atoms with E-state index in [-0.39, 0.29) is 18.1 Å². The van der Waals surface area contributed by atoms with Crippen LogP contribution in [0.25, 0.3) is 0 Å².